The van der Waals surface area contributed by atoms with E-state index < -0.39 is 0 Å². The minimum atomic E-state index is 0.00458. The molecule has 10 rings (SSSR count). The standard InChI is InChI=1S/C51H42N2/c1-51(2)47-19-11-9-17-43(47)44-31-30-42(34-48(44)51)52(40-26-21-36(22-27-40)35-13-5-3-6-14-35)41-28-23-37(24-29-41)38-25-32-50-46(33-38)45-18-10-12-20-49(45)53(50)39-15-7-4-8-16-39/h3-10,13-18,21-34H,11-12,19-20H2,1-2H3. The van der Waals surface area contributed by atoms with Crippen molar-refractivity contribution in [1.82, 2.24) is 4.57 Å². The monoisotopic (exact) mass is 682 g/mol. The zero-order chi connectivity index (χ0) is 35.5. The summed E-state index contributed by atoms with van der Waals surface area (Å²) in [5, 5.41) is 1.31. The summed E-state index contributed by atoms with van der Waals surface area (Å²) >= 11 is 0. The Morgan fingerprint density at radius 3 is 1.89 bits per heavy atom. The van der Waals surface area contributed by atoms with Crippen molar-refractivity contribution in [2.75, 3.05) is 4.90 Å². The second kappa shape index (κ2) is 12.5. The first-order valence-electron chi connectivity index (χ1n) is 19.0. The van der Waals surface area contributed by atoms with Crippen molar-refractivity contribution in [3.05, 3.63) is 192 Å². The lowest BCUT2D eigenvalue weighted by Crippen LogP contribution is -2.18. The normalized spacial score (nSPS) is 15.4. The minimum absolute atomic E-state index is 0.00458. The van der Waals surface area contributed by atoms with Gasteiger partial charge in [0.1, 0.15) is 0 Å². The Labute approximate surface area is 312 Å². The van der Waals surface area contributed by atoms with Crippen LogP contribution in [-0.4, -0.2) is 4.57 Å². The smallest absolute Gasteiger partial charge is 0.0538 e. The van der Waals surface area contributed by atoms with Crippen LogP contribution in [0.1, 0.15) is 55.5 Å². The summed E-state index contributed by atoms with van der Waals surface area (Å²) in [7, 11) is 0. The first-order valence-corrected chi connectivity index (χ1v) is 19.0. The van der Waals surface area contributed by atoms with Crippen molar-refractivity contribution in [2.45, 2.75) is 44.9 Å². The largest absolute Gasteiger partial charge is 0.313 e. The van der Waals surface area contributed by atoms with Gasteiger partial charge in [-0.2, -0.15) is 0 Å². The molecule has 2 heteroatoms. The summed E-state index contributed by atoms with van der Waals surface area (Å²) in [5.41, 5.74) is 19.4. The lowest BCUT2D eigenvalue weighted by Gasteiger charge is -2.29. The van der Waals surface area contributed by atoms with Gasteiger partial charge in [-0.25, -0.2) is 0 Å². The van der Waals surface area contributed by atoms with Gasteiger partial charge in [0.2, 0.25) is 0 Å². The van der Waals surface area contributed by atoms with Gasteiger partial charge in [-0.15, -0.1) is 0 Å². The lowest BCUT2D eigenvalue weighted by molar-refractivity contribution is 0.607. The molecule has 53 heavy (non-hydrogen) atoms. The Morgan fingerprint density at radius 1 is 0.547 bits per heavy atom. The van der Waals surface area contributed by atoms with Gasteiger partial charge in [-0.3, -0.25) is 0 Å². The highest BCUT2D eigenvalue weighted by Gasteiger charge is 2.37. The predicted molar refractivity (Wildman–Crippen MR) is 225 cm³/mol. The predicted octanol–water partition coefficient (Wildman–Crippen LogP) is 13.8. The number of para-hydroxylation sites is 1. The Kier molecular flexibility index (Phi) is 7.47. The molecule has 0 aliphatic heterocycles. The van der Waals surface area contributed by atoms with Crippen LogP contribution in [0.4, 0.5) is 17.1 Å². The molecule has 0 N–H and O–H groups in total. The minimum Gasteiger partial charge on any atom is -0.313 e. The maximum absolute atomic E-state index is 2.46. The highest BCUT2D eigenvalue weighted by atomic mass is 15.1. The summed E-state index contributed by atoms with van der Waals surface area (Å²) in [6.45, 7) is 4.81. The Balaban J connectivity index is 1.06. The second-order valence-corrected chi connectivity index (χ2v) is 15.2. The molecule has 0 unspecified atom stereocenters. The molecule has 6 aromatic carbocycles. The van der Waals surface area contributed by atoms with Crippen LogP contribution in [0.5, 0.6) is 0 Å². The molecule has 0 spiro atoms. The van der Waals surface area contributed by atoms with E-state index in [9.17, 15) is 0 Å². The molecule has 7 aromatic rings. The van der Waals surface area contributed by atoms with Crippen molar-refractivity contribution in [2.24, 2.45) is 0 Å². The molecule has 0 saturated heterocycles. The fourth-order valence-electron chi connectivity index (χ4n) is 9.11. The third kappa shape index (κ3) is 5.24. The molecule has 0 amide bonds. The summed E-state index contributed by atoms with van der Waals surface area (Å²) in [6.07, 6.45) is 13.7. The van der Waals surface area contributed by atoms with E-state index >= 15 is 0 Å². The molecule has 0 radical (unpaired) electrons. The average Bonchev–Trinajstić information content (AvgIpc) is 3.67. The number of rotatable bonds is 6. The molecule has 256 valence electrons. The number of anilines is 3. The van der Waals surface area contributed by atoms with Crippen molar-refractivity contribution < 1.29 is 0 Å². The summed E-state index contributed by atoms with van der Waals surface area (Å²) in [5.74, 6) is 0. The van der Waals surface area contributed by atoms with Gasteiger partial charge >= 0.3 is 0 Å². The highest BCUT2D eigenvalue weighted by molar-refractivity contribution is 5.96. The summed E-state index contributed by atoms with van der Waals surface area (Å²) in [4.78, 5) is 2.42. The SMILES string of the molecule is CC1(C)C2=C(C=CCC2)c2ccc(N(c3ccc(-c4ccccc4)cc3)c3ccc(-c4ccc5c(c4)c4c(n5-c5ccccc5)CCC=C4)cc3)cc21. The van der Waals surface area contributed by atoms with Gasteiger partial charge < -0.3 is 9.47 Å². The molecule has 1 heterocycles. The third-order valence-corrected chi connectivity index (χ3v) is 11.8. The highest BCUT2D eigenvalue weighted by Crippen LogP contribution is 2.52. The zero-order valence-corrected chi connectivity index (χ0v) is 30.4. The first kappa shape index (κ1) is 31.6. The lowest BCUT2D eigenvalue weighted by atomic mass is 9.78. The molecule has 0 fully saturated rings. The number of aromatic nitrogens is 1. The topological polar surface area (TPSA) is 8.17 Å². The van der Waals surface area contributed by atoms with Crippen molar-refractivity contribution in [1.29, 1.82) is 0 Å². The number of hydrogen-bond donors (Lipinski definition) is 0. The quantitative estimate of drug-likeness (QED) is 0.169. The summed E-state index contributed by atoms with van der Waals surface area (Å²) < 4.78 is 2.46. The van der Waals surface area contributed by atoms with Crippen LogP contribution in [-0.2, 0) is 11.8 Å². The van der Waals surface area contributed by atoms with Crippen molar-refractivity contribution >= 4 is 39.6 Å². The molecular weight excluding hydrogens is 641 g/mol. The van der Waals surface area contributed by atoms with Gasteiger partial charge in [0.05, 0.1) is 5.52 Å². The Hall–Kier alpha value is -6.12. The molecule has 0 atom stereocenters. The van der Waals surface area contributed by atoms with Gasteiger partial charge in [-0.1, -0.05) is 129 Å². The number of allylic oxidation sites excluding steroid dienone is 5. The molecule has 3 aliphatic rings. The maximum Gasteiger partial charge on any atom is 0.0538 e. The number of nitrogens with zero attached hydrogens (tertiary/aromatic N) is 2. The molecule has 0 bridgehead atoms. The third-order valence-electron chi connectivity index (χ3n) is 11.8. The van der Waals surface area contributed by atoms with Crippen LogP contribution in [0, 0.1) is 0 Å². The van der Waals surface area contributed by atoms with E-state index in [4.69, 9.17) is 0 Å². The van der Waals surface area contributed by atoms with E-state index in [0.29, 0.717) is 0 Å². The van der Waals surface area contributed by atoms with Gasteiger partial charge in [0.25, 0.3) is 0 Å². The number of fused-ring (bicyclic) bond motifs is 5. The van der Waals surface area contributed by atoms with Gasteiger partial charge in [0, 0.05) is 44.8 Å². The molecule has 1 aromatic heterocycles. The average molecular weight is 683 g/mol. The van der Waals surface area contributed by atoms with E-state index in [1.807, 2.05) is 0 Å². The van der Waals surface area contributed by atoms with E-state index in [-0.39, 0.29) is 5.41 Å². The number of hydrogen-bond acceptors (Lipinski definition) is 1. The van der Waals surface area contributed by atoms with E-state index in [0.717, 1.165) is 37.1 Å². The van der Waals surface area contributed by atoms with E-state index in [2.05, 4.69) is 193 Å². The van der Waals surface area contributed by atoms with Crippen LogP contribution < -0.4 is 4.90 Å². The van der Waals surface area contributed by atoms with Crippen LogP contribution in [0.15, 0.2) is 169 Å². The van der Waals surface area contributed by atoms with Crippen LogP contribution in [0.3, 0.4) is 0 Å². The summed E-state index contributed by atoms with van der Waals surface area (Å²) in [6, 6.07) is 53.8. The fraction of sp³-hybridized carbons (Fsp3) is 0.137. The van der Waals surface area contributed by atoms with Gasteiger partial charge in [-0.05, 0) is 125 Å². The molecule has 0 saturated carbocycles. The Morgan fingerprint density at radius 2 is 1.15 bits per heavy atom. The van der Waals surface area contributed by atoms with Crippen LogP contribution in [0.25, 0.3) is 50.5 Å². The zero-order valence-electron chi connectivity index (χ0n) is 30.4. The Bertz CT molecular complexity index is 2600. The molecular formula is C51H42N2. The molecule has 2 nitrogen and oxygen atoms in total. The van der Waals surface area contributed by atoms with Crippen molar-refractivity contribution in [3.8, 4) is 27.9 Å². The molecule has 3 aliphatic carbocycles. The van der Waals surface area contributed by atoms with Gasteiger partial charge in [0.15, 0.2) is 0 Å². The van der Waals surface area contributed by atoms with Crippen LogP contribution >= 0.6 is 0 Å². The second-order valence-electron chi connectivity index (χ2n) is 15.2. The first-order chi connectivity index (χ1) is 26.0. The van der Waals surface area contributed by atoms with E-state index in [1.54, 1.807) is 5.57 Å². The fourth-order valence-corrected chi connectivity index (χ4v) is 9.11. The van der Waals surface area contributed by atoms with Crippen molar-refractivity contribution in [3.63, 3.8) is 0 Å². The number of benzene rings is 6. The van der Waals surface area contributed by atoms with E-state index in [1.165, 1.54) is 72.5 Å². The van der Waals surface area contributed by atoms with Crippen LogP contribution in [0.2, 0.25) is 0 Å². The maximum atomic E-state index is 2.46.